The highest BCUT2D eigenvalue weighted by molar-refractivity contribution is 9.10. The molecule has 0 nitrogen and oxygen atoms in total. The van der Waals surface area contributed by atoms with Gasteiger partial charge in [0.25, 0.3) is 6.43 Å². The van der Waals surface area contributed by atoms with Gasteiger partial charge in [0.15, 0.2) is 0 Å². The Morgan fingerprint density at radius 1 is 1.10 bits per heavy atom. The van der Waals surface area contributed by atoms with Crippen LogP contribution in [0.4, 0.5) is 17.6 Å². The molecule has 0 aliphatic carbocycles. The second-order valence-corrected chi connectivity index (χ2v) is 5.49. The maximum Gasteiger partial charge on any atom is 0.267 e. The molecule has 5 heteroatoms. The first-order chi connectivity index (χ1) is 9.95. The summed E-state index contributed by atoms with van der Waals surface area (Å²) >= 11 is 2.65. The highest BCUT2D eigenvalue weighted by atomic mass is 79.9. The number of alkyl halides is 2. The normalized spacial score (nSPS) is 11.2. The lowest BCUT2D eigenvalue weighted by atomic mass is 9.97. The molecule has 0 unspecified atom stereocenters. The van der Waals surface area contributed by atoms with Gasteiger partial charge in [-0.05, 0) is 45.1 Å². The molecular formula is C16H13BrF4. The molecule has 0 radical (unpaired) electrons. The zero-order valence-electron chi connectivity index (χ0n) is 11.3. The fourth-order valence-electron chi connectivity index (χ4n) is 2.20. The van der Waals surface area contributed by atoms with Gasteiger partial charge in [-0.3, -0.25) is 0 Å². The molecule has 0 spiro atoms. The van der Waals surface area contributed by atoms with Crippen molar-refractivity contribution in [3.63, 3.8) is 0 Å². The van der Waals surface area contributed by atoms with Crippen LogP contribution in [0.3, 0.4) is 0 Å². The van der Waals surface area contributed by atoms with Crippen LogP contribution in [0.5, 0.6) is 0 Å². The molecule has 0 fully saturated rings. The van der Waals surface area contributed by atoms with E-state index >= 15 is 0 Å². The van der Waals surface area contributed by atoms with Crippen LogP contribution in [0.1, 0.15) is 30.9 Å². The summed E-state index contributed by atoms with van der Waals surface area (Å²) in [6.45, 7) is 2.03. The van der Waals surface area contributed by atoms with Gasteiger partial charge < -0.3 is 0 Å². The summed E-state index contributed by atoms with van der Waals surface area (Å²) in [7, 11) is 0. The van der Waals surface area contributed by atoms with Gasteiger partial charge in [-0.25, -0.2) is 17.6 Å². The van der Waals surface area contributed by atoms with Crippen molar-refractivity contribution in [2.24, 2.45) is 0 Å². The predicted octanol–water partition coefficient (Wildman–Crippen LogP) is 6.28. The van der Waals surface area contributed by atoms with Crippen molar-refractivity contribution in [1.29, 1.82) is 0 Å². The van der Waals surface area contributed by atoms with Crippen molar-refractivity contribution >= 4 is 15.9 Å². The van der Waals surface area contributed by atoms with Crippen molar-refractivity contribution in [3.05, 3.63) is 57.6 Å². The monoisotopic (exact) mass is 360 g/mol. The highest BCUT2D eigenvalue weighted by Gasteiger charge is 2.24. The van der Waals surface area contributed by atoms with Crippen LogP contribution in [0.25, 0.3) is 11.1 Å². The smallest absolute Gasteiger partial charge is 0.206 e. The SMILES string of the molecule is CCCc1ccc(-c2cc(F)c(Br)c(F)c2C(F)F)cc1. The van der Waals surface area contributed by atoms with E-state index in [1.807, 2.05) is 6.92 Å². The van der Waals surface area contributed by atoms with Gasteiger partial charge in [0.2, 0.25) is 0 Å². The van der Waals surface area contributed by atoms with Crippen LogP contribution in [0, 0.1) is 11.6 Å². The summed E-state index contributed by atoms with van der Waals surface area (Å²) in [4.78, 5) is 0. The Labute approximate surface area is 128 Å². The van der Waals surface area contributed by atoms with Crippen LogP contribution in [-0.2, 0) is 6.42 Å². The molecule has 0 N–H and O–H groups in total. The molecule has 0 aliphatic heterocycles. The molecule has 0 aliphatic rings. The van der Waals surface area contributed by atoms with Gasteiger partial charge in [-0.15, -0.1) is 0 Å². The summed E-state index contributed by atoms with van der Waals surface area (Å²) < 4.78 is 53.2. The van der Waals surface area contributed by atoms with Crippen LogP contribution in [-0.4, -0.2) is 0 Å². The molecule has 0 saturated heterocycles. The van der Waals surface area contributed by atoms with Gasteiger partial charge in [0.1, 0.15) is 11.6 Å². The minimum absolute atomic E-state index is 0.119. The molecule has 0 heterocycles. The molecule has 0 atom stereocenters. The topological polar surface area (TPSA) is 0 Å². The summed E-state index contributed by atoms with van der Waals surface area (Å²) in [5, 5.41) is 0. The summed E-state index contributed by atoms with van der Waals surface area (Å²) in [5.41, 5.74) is 0.520. The molecular weight excluding hydrogens is 348 g/mol. The second-order valence-electron chi connectivity index (χ2n) is 4.70. The molecule has 2 aromatic rings. The van der Waals surface area contributed by atoms with Gasteiger partial charge in [-0.1, -0.05) is 37.6 Å². The minimum Gasteiger partial charge on any atom is -0.206 e. The summed E-state index contributed by atoms with van der Waals surface area (Å²) in [5.74, 6) is -2.15. The van der Waals surface area contributed by atoms with E-state index in [-0.39, 0.29) is 5.56 Å². The van der Waals surface area contributed by atoms with Crippen molar-refractivity contribution in [3.8, 4) is 11.1 Å². The van der Waals surface area contributed by atoms with Crippen molar-refractivity contribution in [1.82, 2.24) is 0 Å². The van der Waals surface area contributed by atoms with E-state index in [1.165, 1.54) is 0 Å². The third-order valence-corrected chi connectivity index (χ3v) is 3.95. The number of rotatable bonds is 4. The molecule has 2 aromatic carbocycles. The Hall–Kier alpha value is -1.36. The van der Waals surface area contributed by atoms with Gasteiger partial charge >= 0.3 is 0 Å². The predicted molar refractivity (Wildman–Crippen MR) is 78.4 cm³/mol. The Morgan fingerprint density at radius 3 is 2.24 bits per heavy atom. The molecule has 0 saturated carbocycles. The Bertz CT molecular complexity index is 636. The number of aryl methyl sites for hydroxylation is 1. The number of halogens is 5. The van der Waals surface area contributed by atoms with Gasteiger partial charge in [-0.2, -0.15) is 0 Å². The van der Waals surface area contributed by atoms with E-state index in [0.29, 0.717) is 5.56 Å². The number of hydrogen-bond acceptors (Lipinski definition) is 0. The van der Waals surface area contributed by atoms with Crippen molar-refractivity contribution in [2.75, 3.05) is 0 Å². The fraction of sp³-hybridized carbons (Fsp3) is 0.250. The standard InChI is InChI=1S/C16H13BrF4/c1-2-3-9-4-6-10(7-5-9)11-8-12(18)14(17)15(19)13(11)16(20)21/h4-8,16H,2-3H2,1H3. The second kappa shape index (κ2) is 6.60. The number of hydrogen-bond donors (Lipinski definition) is 0. The molecule has 21 heavy (non-hydrogen) atoms. The maximum atomic E-state index is 13.9. The minimum atomic E-state index is -3.02. The lowest BCUT2D eigenvalue weighted by Gasteiger charge is -2.13. The first-order valence-electron chi connectivity index (χ1n) is 6.50. The summed E-state index contributed by atoms with van der Waals surface area (Å²) in [6.07, 6.45) is -1.19. The third kappa shape index (κ3) is 3.28. The van der Waals surface area contributed by atoms with E-state index in [9.17, 15) is 17.6 Å². The van der Waals surface area contributed by atoms with E-state index in [0.717, 1.165) is 24.5 Å². The first-order valence-corrected chi connectivity index (χ1v) is 7.29. The summed E-state index contributed by atoms with van der Waals surface area (Å²) in [6, 6.07) is 7.72. The van der Waals surface area contributed by atoms with Crippen molar-refractivity contribution in [2.45, 2.75) is 26.2 Å². The van der Waals surface area contributed by atoms with Crippen LogP contribution in [0.2, 0.25) is 0 Å². The molecule has 2 rings (SSSR count). The van der Waals surface area contributed by atoms with E-state index in [2.05, 4.69) is 15.9 Å². The quantitative estimate of drug-likeness (QED) is 0.444. The average molecular weight is 361 g/mol. The van der Waals surface area contributed by atoms with Gasteiger partial charge in [0.05, 0.1) is 10.0 Å². The zero-order valence-corrected chi connectivity index (χ0v) is 12.9. The zero-order chi connectivity index (χ0) is 15.6. The lowest BCUT2D eigenvalue weighted by Crippen LogP contribution is -1.99. The van der Waals surface area contributed by atoms with Crippen LogP contribution < -0.4 is 0 Å². The van der Waals surface area contributed by atoms with Crippen molar-refractivity contribution < 1.29 is 17.6 Å². The number of benzene rings is 2. The van der Waals surface area contributed by atoms with E-state index in [4.69, 9.17) is 0 Å². The molecule has 0 bridgehead atoms. The Kier molecular flexibility index (Phi) is 5.04. The Morgan fingerprint density at radius 2 is 1.71 bits per heavy atom. The lowest BCUT2D eigenvalue weighted by molar-refractivity contribution is 0.146. The first kappa shape index (κ1) is 16.0. The van der Waals surface area contributed by atoms with E-state index < -0.39 is 28.1 Å². The van der Waals surface area contributed by atoms with Crippen LogP contribution >= 0.6 is 15.9 Å². The Balaban J connectivity index is 2.57. The average Bonchev–Trinajstić information content (AvgIpc) is 2.45. The fourth-order valence-corrected chi connectivity index (χ4v) is 2.53. The maximum absolute atomic E-state index is 13.9. The largest absolute Gasteiger partial charge is 0.267 e. The molecule has 112 valence electrons. The molecule has 0 aromatic heterocycles. The highest BCUT2D eigenvalue weighted by Crippen LogP contribution is 2.37. The van der Waals surface area contributed by atoms with Gasteiger partial charge in [0, 0.05) is 0 Å². The van der Waals surface area contributed by atoms with Crippen LogP contribution in [0.15, 0.2) is 34.8 Å². The third-order valence-electron chi connectivity index (χ3n) is 3.22. The van der Waals surface area contributed by atoms with E-state index in [1.54, 1.807) is 24.3 Å². The molecule has 0 amide bonds.